The first kappa shape index (κ1) is 9.36. The molecule has 10 heavy (non-hydrogen) atoms. The molecule has 0 heterocycles. The monoisotopic (exact) mass is 161 g/mol. The second kappa shape index (κ2) is 4.22. The van der Waals surface area contributed by atoms with Crippen LogP contribution in [0.15, 0.2) is 0 Å². The average Bonchev–Trinajstić information content (AvgIpc) is 1.87. The summed E-state index contributed by atoms with van der Waals surface area (Å²) in [6, 6.07) is 0. The van der Waals surface area contributed by atoms with E-state index in [1.54, 1.807) is 18.9 Å². The molecule has 4 heteroatoms. The third-order valence-corrected chi connectivity index (χ3v) is 1.44. The molecule has 0 saturated heterocycles. The van der Waals surface area contributed by atoms with Crippen LogP contribution < -0.4 is 0 Å². The number of hydrogen-bond acceptors (Lipinski definition) is 3. The van der Waals surface area contributed by atoms with E-state index in [0.717, 1.165) is 0 Å². The minimum Gasteiger partial charge on any atom is -0.468 e. The van der Waals surface area contributed by atoms with E-state index in [1.807, 2.05) is 0 Å². The summed E-state index contributed by atoms with van der Waals surface area (Å²) < 4.78 is 4.43. The van der Waals surface area contributed by atoms with Gasteiger partial charge in [0.15, 0.2) is 0 Å². The van der Waals surface area contributed by atoms with Gasteiger partial charge in [0, 0.05) is 7.05 Å². The molecular weight excluding hydrogens is 150 g/mol. The van der Waals surface area contributed by atoms with E-state index in [1.165, 1.54) is 7.11 Å². The molecule has 58 valence electrons. The fraction of sp³-hybridized carbons (Fsp3) is 0.667. The van der Waals surface area contributed by atoms with Crippen molar-refractivity contribution in [2.75, 3.05) is 20.7 Å². The molecule has 0 N–H and O–H groups in total. The van der Waals surface area contributed by atoms with Crippen molar-refractivity contribution < 1.29 is 9.53 Å². The molecule has 0 aliphatic heterocycles. The van der Waals surface area contributed by atoms with Crippen LogP contribution in [0.4, 0.5) is 0 Å². The van der Waals surface area contributed by atoms with E-state index in [2.05, 4.69) is 4.74 Å². The Bertz CT molecular complexity index is 147. The summed E-state index contributed by atoms with van der Waals surface area (Å²) in [4.78, 5) is 12.9. The Kier molecular flexibility index (Phi) is 3.95. The van der Waals surface area contributed by atoms with Gasteiger partial charge in [-0.2, -0.15) is 0 Å². The quantitative estimate of drug-likeness (QED) is 0.434. The molecule has 0 atom stereocenters. The first-order chi connectivity index (χ1) is 4.57. The second-order valence-electron chi connectivity index (χ2n) is 1.95. The average molecular weight is 161 g/mol. The van der Waals surface area contributed by atoms with Crippen molar-refractivity contribution in [3.8, 4) is 0 Å². The lowest BCUT2D eigenvalue weighted by atomic mass is 10.5. The van der Waals surface area contributed by atoms with E-state index < -0.39 is 0 Å². The van der Waals surface area contributed by atoms with Gasteiger partial charge < -0.3 is 9.64 Å². The molecular formula is C6H11NO2S. The predicted octanol–water partition coefficient (Wildman–Crippen LogP) is 0.439. The summed E-state index contributed by atoms with van der Waals surface area (Å²) in [6.07, 6.45) is 0. The van der Waals surface area contributed by atoms with E-state index >= 15 is 0 Å². The molecule has 0 spiro atoms. The molecule has 0 unspecified atom stereocenters. The van der Waals surface area contributed by atoms with Crippen molar-refractivity contribution in [2.24, 2.45) is 0 Å². The maximum absolute atomic E-state index is 10.6. The third-order valence-electron chi connectivity index (χ3n) is 1.13. The first-order valence-corrected chi connectivity index (χ1v) is 3.27. The minimum absolute atomic E-state index is 0.228. The lowest BCUT2D eigenvalue weighted by Gasteiger charge is -2.14. The summed E-state index contributed by atoms with van der Waals surface area (Å²) in [5.74, 6) is -0.272. The number of carbonyl (C=O) groups is 1. The fourth-order valence-electron chi connectivity index (χ4n) is 0.370. The van der Waals surface area contributed by atoms with Gasteiger partial charge in [-0.15, -0.1) is 0 Å². The molecule has 0 amide bonds. The molecule has 0 fully saturated rings. The topological polar surface area (TPSA) is 29.5 Å². The van der Waals surface area contributed by atoms with Crippen molar-refractivity contribution in [1.82, 2.24) is 4.90 Å². The first-order valence-electron chi connectivity index (χ1n) is 2.86. The van der Waals surface area contributed by atoms with Crippen LogP contribution in [0.5, 0.6) is 0 Å². The van der Waals surface area contributed by atoms with Gasteiger partial charge in [0.2, 0.25) is 0 Å². The van der Waals surface area contributed by atoms with Gasteiger partial charge >= 0.3 is 5.97 Å². The molecule has 0 rings (SSSR count). The van der Waals surface area contributed by atoms with E-state index in [0.29, 0.717) is 4.99 Å². The third kappa shape index (κ3) is 3.40. The number of ether oxygens (including phenoxy) is 1. The van der Waals surface area contributed by atoms with Crippen LogP contribution >= 0.6 is 12.2 Å². The Balaban J connectivity index is 3.68. The molecule has 0 aliphatic carbocycles. The highest BCUT2D eigenvalue weighted by atomic mass is 32.1. The normalized spacial score (nSPS) is 8.70. The van der Waals surface area contributed by atoms with E-state index in [4.69, 9.17) is 12.2 Å². The Morgan fingerprint density at radius 3 is 2.50 bits per heavy atom. The largest absolute Gasteiger partial charge is 0.468 e. The van der Waals surface area contributed by atoms with Crippen molar-refractivity contribution in [3.63, 3.8) is 0 Å². The molecule has 0 aromatic heterocycles. The Morgan fingerprint density at radius 1 is 1.70 bits per heavy atom. The number of thiocarbonyl (C=S) groups is 1. The highest BCUT2D eigenvalue weighted by molar-refractivity contribution is 7.80. The highest BCUT2D eigenvalue weighted by Crippen LogP contribution is 1.86. The number of rotatable bonds is 2. The van der Waals surface area contributed by atoms with E-state index in [-0.39, 0.29) is 12.5 Å². The number of hydrogen-bond donors (Lipinski definition) is 0. The molecule has 0 radical (unpaired) electrons. The van der Waals surface area contributed by atoms with Crippen molar-refractivity contribution in [2.45, 2.75) is 6.92 Å². The Hall–Kier alpha value is -0.640. The van der Waals surface area contributed by atoms with Crippen molar-refractivity contribution in [3.05, 3.63) is 0 Å². The molecule has 0 bridgehead atoms. The summed E-state index contributed by atoms with van der Waals surface area (Å²) in [5.41, 5.74) is 0. The zero-order valence-corrected chi connectivity index (χ0v) is 7.20. The fourth-order valence-corrected chi connectivity index (χ4v) is 0.434. The van der Waals surface area contributed by atoms with Gasteiger partial charge in [0.1, 0.15) is 6.54 Å². The van der Waals surface area contributed by atoms with Gasteiger partial charge in [-0.05, 0) is 6.92 Å². The summed E-state index contributed by atoms with van der Waals surface area (Å²) in [5, 5.41) is 0. The smallest absolute Gasteiger partial charge is 0.325 e. The van der Waals surface area contributed by atoms with Gasteiger partial charge in [-0.25, -0.2) is 0 Å². The van der Waals surface area contributed by atoms with Crippen LogP contribution in [0.3, 0.4) is 0 Å². The second-order valence-corrected chi connectivity index (χ2v) is 2.54. The maximum atomic E-state index is 10.6. The van der Waals surface area contributed by atoms with Crippen molar-refractivity contribution >= 4 is 23.2 Å². The number of nitrogens with zero attached hydrogens (tertiary/aromatic N) is 1. The zero-order valence-electron chi connectivity index (χ0n) is 6.38. The minimum atomic E-state index is -0.272. The number of methoxy groups -OCH3 is 1. The number of likely N-dealkylation sites (N-methyl/N-ethyl adjacent to an activating group) is 1. The van der Waals surface area contributed by atoms with Crippen LogP contribution in [0.2, 0.25) is 0 Å². The SMILES string of the molecule is COC(=O)CN(C)C(C)=S. The van der Waals surface area contributed by atoms with Crippen LogP contribution in [0, 0.1) is 0 Å². The number of carbonyl (C=O) groups excluding carboxylic acids is 1. The molecule has 0 aliphatic rings. The summed E-state index contributed by atoms with van der Waals surface area (Å²) in [6.45, 7) is 1.99. The molecule has 0 aromatic carbocycles. The van der Waals surface area contributed by atoms with Gasteiger partial charge in [-0.3, -0.25) is 4.79 Å². The van der Waals surface area contributed by atoms with Gasteiger partial charge in [-0.1, -0.05) is 12.2 Å². The standard InChI is InChI=1S/C6H11NO2S/c1-5(10)7(2)4-6(8)9-3/h4H2,1-3H3. The highest BCUT2D eigenvalue weighted by Gasteiger charge is 2.04. The lowest BCUT2D eigenvalue weighted by molar-refractivity contribution is -0.140. The van der Waals surface area contributed by atoms with Crippen LogP contribution in [0.1, 0.15) is 6.92 Å². The van der Waals surface area contributed by atoms with Crippen LogP contribution in [-0.2, 0) is 9.53 Å². The zero-order chi connectivity index (χ0) is 8.15. The Morgan fingerprint density at radius 2 is 2.20 bits per heavy atom. The summed E-state index contributed by atoms with van der Waals surface area (Å²) in [7, 11) is 3.11. The number of esters is 1. The van der Waals surface area contributed by atoms with Gasteiger partial charge in [0.05, 0.1) is 12.1 Å². The van der Waals surface area contributed by atoms with Gasteiger partial charge in [0.25, 0.3) is 0 Å². The predicted molar refractivity (Wildman–Crippen MR) is 42.9 cm³/mol. The molecule has 3 nitrogen and oxygen atoms in total. The van der Waals surface area contributed by atoms with E-state index in [9.17, 15) is 4.79 Å². The molecule has 0 aromatic rings. The maximum Gasteiger partial charge on any atom is 0.325 e. The lowest BCUT2D eigenvalue weighted by Crippen LogP contribution is -2.29. The molecule has 0 saturated carbocycles. The summed E-state index contributed by atoms with van der Waals surface area (Å²) >= 11 is 4.80. The van der Waals surface area contributed by atoms with Crippen LogP contribution in [0.25, 0.3) is 0 Å². The van der Waals surface area contributed by atoms with Crippen molar-refractivity contribution in [1.29, 1.82) is 0 Å². The van der Waals surface area contributed by atoms with Crippen LogP contribution in [-0.4, -0.2) is 36.6 Å². The Labute approximate surface area is 66.0 Å².